The maximum absolute atomic E-state index is 5.68. The van der Waals surface area contributed by atoms with Crippen molar-refractivity contribution in [1.29, 1.82) is 0 Å². The predicted octanol–water partition coefficient (Wildman–Crippen LogP) is 4.23. The Bertz CT molecular complexity index is 505. The second-order valence-electron chi connectivity index (χ2n) is 3.93. The van der Waals surface area contributed by atoms with Crippen LogP contribution in [0.3, 0.4) is 0 Å². The van der Waals surface area contributed by atoms with E-state index in [1.54, 1.807) is 11.3 Å². The molecule has 1 heterocycles. The number of nitrogens with zero attached hydrogens (tertiary/aromatic N) is 1. The van der Waals surface area contributed by atoms with Crippen LogP contribution in [0.1, 0.15) is 11.3 Å². The van der Waals surface area contributed by atoms with Gasteiger partial charge in [0.15, 0.2) is 5.13 Å². The standard InChI is InChI=1S/C13H16N2S3/c1-9-3-5-11(6-4-9)16-7-8-17-12-10(2)15-13(14)18-12/h3-6H,7-8H2,1-2H3,(H2,14,15). The highest BCUT2D eigenvalue weighted by Gasteiger charge is 2.05. The normalized spacial score (nSPS) is 10.8. The molecule has 1 aromatic heterocycles. The van der Waals surface area contributed by atoms with Gasteiger partial charge in [-0.1, -0.05) is 29.0 Å². The van der Waals surface area contributed by atoms with E-state index in [0.717, 1.165) is 17.2 Å². The van der Waals surface area contributed by atoms with Crippen molar-refractivity contribution in [1.82, 2.24) is 4.98 Å². The zero-order valence-electron chi connectivity index (χ0n) is 10.5. The van der Waals surface area contributed by atoms with Gasteiger partial charge >= 0.3 is 0 Å². The fourth-order valence-electron chi connectivity index (χ4n) is 1.46. The summed E-state index contributed by atoms with van der Waals surface area (Å²) >= 11 is 5.32. The number of benzene rings is 1. The monoisotopic (exact) mass is 296 g/mol. The van der Waals surface area contributed by atoms with Gasteiger partial charge in [0, 0.05) is 16.4 Å². The maximum Gasteiger partial charge on any atom is 0.181 e. The van der Waals surface area contributed by atoms with Crippen LogP contribution in [-0.4, -0.2) is 16.5 Å². The van der Waals surface area contributed by atoms with Crippen LogP contribution < -0.4 is 5.73 Å². The number of aryl methyl sites for hydroxylation is 2. The van der Waals surface area contributed by atoms with Crippen molar-refractivity contribution < 1.29 is 0 Å². The summed E-state index contributed by atoms with van der Waals surface area (Å²) in [5.74, 6) is 2.19. The molecular formula is C13H16N2S3. The Morgan fingerprint density at radius 2 is 1.78 bits per heavy atom. The first-order chi connectivity index (χ1) is 8.65. The Morgan fingerprint density at radius 3 is 2.39 bits per heavy atom. The van der Waals surface area contributed by atoms with Crippen LogP contribution in [0.2, 0.25) is 0 Å². The van der Waals surface area contributed by atoms with Crippen molar-refractivity contribution >= 4 is 40.0 Å². The number of aromatic nitrogens is 1. The summed E-state index contributed by atoms with van der Waals surface area (Å²) in [5.41, 5.74) is 8.05. The minimum atomic E-state index is 0.668. The molecule has 0 aliphatic heterocycles. The first-order valence-electron chi connectivity index (χ1n) is 5.70. The Kier molecular flexibility index (Phi) is 4.97. The van der Waals surface area contributed by atoms with E-state index in [1.165, 1.54) is 14.7 Å². The molecule has 2 nitrogen and oxygen atoms in total. The van der Waals surface area contributed by atoms with Gasteiger partial charge in [0.05, 0.1) is 9.90 Å². The van der Waals surface area contributed by atoms with Crippen molar-refractivity contribution in [2.75, 3.05) is 17.2 Å². The smallest absolute Gasteiger partial charge is 0.181 e. The summed E-state index contributed by atoms with van der Waals surface area (Å²) in [7, 11) is 0. The van der Waals surface area contributed by atoms with Gasteiger partial charge in [0.25, 0.3) is 0 Å². The highest BCUT2D eigenvalue weighted by atomic mass is 32.2. The molecule has 0 aliphatic rings. The first kappa shape index (κ1) is 13.8. The molecule has 18 heavy (non-hydrogen) atoms. The van der Waals surface area contributed by atoms with Gasteiger partial charge in [-0.15, -0.1) is 23.5 Å². The second kappa shape index (κ2) is 6.50. The topological polar surface area (TPSA) is 38.9 Å². The highest BCUT2D eigenvalue weighted by Crippen LogP contribution is 2.31. The molecular weight excluding hydrogens is 280 g/mol. The summed E-state index contributed by atoms with van der Waals surface area (Å²) in [4.78, 5) is 5.56. The van der Waals surface area contributed by atoms with Crippen LogP contribution in [0.4, 0.5) is 5.13 Å². The molecule has 5 heteroatoms. The number of thiazole rings is 1. The van der Waals surface area contributed by atoms with Crippen molar-refractivity contribution in [3.05, 3.63) is 35.5 Å². The third-order valence-corrected chi connectivity index (χ3v) is 6.00. The van der Waals surface area contributed by atoms with Crippen molar-refractivity contribution in [2.45, 2.75) is 23.0 Å². The van der Waals surface area contributed by atoms with E-state index in [9.17, 15) is 0 Å². The summed E-state index contributed by atoms with van der Waals surface area (Å²) in [5, 5.41) is 0.668. The molecule has 2 N–H and O–H groups in total. The molecule has 0 spiro atoms. The molecule has 2 aromatic rings. The first-order valence-corrected chi connectivity index (χ1v) is 8.49. The largest absolute Gasteiger partial charge is 0.375 e. The van der Waals surface area contributed by atoms with Gasteiger partial charge in [-0.3, -0.25) is 0 Å². The lowest BCUT2D eigenvalue weighted by atomic mass is 10.2. The summed E-state index contributed by atoms with van der Waals surface area (Å²) in [6.45, 7) is 4.13. The van der Waals surface area contributed by atoms with Gasteiger partial charge in [-0.05, 0) is 26.0 Å². The number of rotatable bonds is 5. The molecule has 0 atom stereocenters. The highest BCUT2D eigenvalue weighted by molar-refractivity contribution is 8.04. The van der Waals surface area contributed by atoms with E-state index in [1.807, 2.05) is 30.4 Å². The van der Waals surface area contributed by atoms with Crippen molar-refractivity contribution in [2.24, 2.45) is 0 Å². The van der Waals surface area contributed by atoms with Crippen molar-refractivity contribution in [3.63, 3.8) is 0 Å². The predicted molar refractivity (Wildman–Crippen MR) is 83.9 cm³/mol. The SMILES string of the molecule is Cc1ccc(SCCSc2sc(N)nc2C)cc1. The third kappa shape index (κ3) is 3.93. The molecule has 2 rings (SSSR count). The zero-order valence-corrected chi connectivity index (χ0v) is 12.9. The molecule has 0 unspecified atom stereocenters. The lowest BCUT2D eigenvalue weighted by Gasteiger charge is -2.01. The summed E-state index contributed by atoms with van der Waals surface area (Å²) in [6.07, 6.45) is 0. The average molecular weight is 296 g/mol. The molecule has 0 fully saturated rings. The van der Waals surface area contributed by atoms with Crippen LogP contribution in [0.25, 0.3) is 0 Å². The van der Waals surface area contributed by atoms with Gasteiger partial charge < -0.3 is 5.73 Å². The minimum Gasteiger partial charge on any atom is -0.375 e. The van der Waals surface area contributed by atoms with E-state index in [4.69, 9.17) is 5.73 Å². The summed E-state index contributed by atoms with van der Waals surface area (Å²) < 4.78 is 1.25. The van der Waals surface area contributed by atoms with Gasteiger partial charge in [0.2, 0.25) is 0 Å². The Labute approximate surface area is 120 Å². The molecule has 0 aliphatic carbocycles. The molecule has 0 bridgehead atoms. The van der Waals surface area contributed by atoms with E-state index in [2.05, 4.69) is 36.2 Å². The van der Waals surface area contributed by atoms with Crippen LogP contribution >= 0.6 is 34.9 Å². The molecule has 0 saturated heterocycles. The van der Waals surface area contributed by atoms with Gasteiger partial charge in [0.1, 0.15) is 0 Å². The van der Waals surface area contributed by atoms with E-state index >= 15 is 0 Å². The molecule has 0 amide bonds. The van der Waals surface area contributed by atoms with Crippen molar-refractivity contribution in [3.8, 4) is 0 Å². The quantitative estimate of drug-likeness (QED) is 0.662. The Morgan fingerprint density at radius 1 is 1.11 bits per heavy atom. The molecule has 0 saturated carbocycles. The van der Waals surface area contributed by atoms with Crippen LogP contribution in [0, 0.1) is 13.8 Å². The summed E-state index contributed by atoms with van der Waals surface area (Å²) in [6, 6.07) is 8.67. The number of anilines is 1. The maximum atomic E-state index is 5.68. The lowest BCUT2D eigenvalue weighted by Crippen LogP contribution is -1.84. The molecule has 1 aromatic carbocycles. The number of nitrogens with two attached hydrogens (primary N) is 1. The Balaban J connectivity index is 1.76. The van der Waals surface area contributed by atoms with Gasteiger partial charge in [-0.2, -0.15) is 0 Å². The fourth-order valence-corrected chi connectivity index (χ4v) is 4.44. The molecule has 0 radical (unpaired) electrons. The second-order valence-corrected chi connectivity index (χ2v) is 7.50. The van der Waals surface area contributed by atoms with Gasteiger partial charge in [-0.25, -0.2) is 4.98 Å². The number of hydrogen-bond donors (Lipinski definition) is 1. The lowest BCUT2D eigenvalue weighted by molar-refractivity contribution is 1.21. The van der Waals surface area contributed by atoms with E-state index in [-0.39, 0.29) is 0 Å². The fraction of sp³-hybridized carbons (Fsp3) is 0.308. The third-order valence-electron chi connectivity index (χ3n) is 2.38. The number of nitrogen functional groups attached to an aromatic ring is 1. The average Bonchev–Trinajstić information content (AvgIpc) is 2.66. The Hall–Kier alpha value is -0.650. The molecule has 96 valence electrons. The van der Waals surface area contributed by atoms with Crippen LogP contribution in [0.15, 0.2) is 33.4 Å². The van der Waals surface area contributed by atoms with E-state index < -0.39 is 0 Å². The van der Waals surface area contributed by atoms with Crippen LogP contribution in [-0.2, 0) is 0 Å². The van der Waals surface area contributed by atoms with Crippen LogP contribution in [0.5, 0.6) is 0 Å². The number of hydrogen-bond acceptors (Lipinski definition) is 5. The zero-order chi connectivity index (χ0) is 13.0. The minimum absolute atomic E-state index is 0.668. The number of thioether (sulfide) groups is 2. The van der Waals surface area contributed by atoms with E-state index in [0.29, 0.717) is 5.13 Å².